The molecule has 0 atom stereocenters. The molecule has 0 radical (unpaired) electrons. The number of anilines is 1. The summed E-state index contributed by atoms with van der Waals surface area (Å²) in [5, 5.41) is 17.3. The molecule has 90 valence electrons. The van der Waals surface area contributed by atoms with Crippen molar-refractivity contribution in [2.45, 2.75) is 19.8 Å². The van der Waals surface area contributed by atoms with Gasteiger partial charge in [-0.1, -0.05) is 16.8 Å². The summed E-state index contributed by atoms with van der Waals surface area (Å²) < 4.78 is 0. The van der Waals surface area contributed by atoms with E-state index in [0.717, 1.165) is 19.4 Å². The van der Waals surface area contributed by atoms with E-state index in [1.165, 1.54) is 0 Å². The van der Waals surface area contributed by atoms with Gasteiger partial charge in [0.25, 0.3) is 0 Å². The topological polar surface area (TPSA) is 92.3 Å². The van der Waals surface area contributed by atoms with E-state index in [-0.39, 0.29) is 0 Å². The molecule has 0 unspecified atom stereocenters. The summed E-state index contributed by atoms with van der Waals surface area (Å²) >= 11 is 5.95. The molecular weight excluding hydrogens is 242 g/mol. The van der Waals surface area contributed by atoms with Gasteiger partial charge in [0.1, 0.15) is 16.7 Å². The normalized spacial score (nSPS) is 10.5. The van der Waals surface area contributed by atoms with Crippen LogP contribution in [0.5, 0.6) is 0 Å². The first kappa shape index (κ1) is 11.7. The maximum Gasteiger partial charge on any atom is 0.174 e. The Morgan fingerprint density at radius 2 is 2.35 bits per heavy atom. The van der Waals surface area contributed by atoms with Crippen molar-refractivity contribution in [2.24, 2.45) is 0 Å². The van der Waals surface area contributed by atoms with Crippen molar-refractivity contribution in [3.63, 3.8) is 0 Å². The summed E-state index contributed by atoms with van der Waals surface area (Å²) in [4.78, 5) is 8.20. The van der Waals surface area contributed by atoms with Crippen molar-refractivity contribution in [3.05, 3.63) is 22.9 Å². The van der Waals surface area contributed by atoms with Gasteiger partial charge in [0, 0.05) is 13.0 Å². The molecule has 2 aromatic rings. The second kappa shape index (κ2) is 5.53. The fourth-order valence-electron chi connectivity index (χ4n) is 1.32. The largest absolute Gasteiger partial charge is 0.369 e. The molecule has 0 bridgehead atoms. The van der Waals surface area contributed by atoms with Crippen molar-refractivity contribution in [1.29, 1.82) is 0 Å². The number of aromatic nitrogens is 6. The highest BCUT2D eigenvalue weighted by molar-refractivity contribution is 6.32. The Morgan fingerprint density at radius 1 is 1.47 bits per heavy atom. The number of nitrogens with zero attached hydrogens (tertiary/aromatic N) is 5. The molecular formula is C9H12ClN7. The van der Waals surface area contributed by atoms with E-state index < -0.39 is 0 Å². The third kappa shape index (κ3) is 3.35. The van der Waals surface area contributed by atoms with Gasteiger partial charge < -0.3 is 5.32 Å². The van der Waals surface area contributed by atoms with Crippen LogP contribution in [0.4, 0.5) is 5.82 Å². The molecule has 8 heteroatoms. The Morgan fingerprint density at radius 3 is 3.12 bits per heavy atom. The molecule has 0 aliphatic carbocycles. The summed E-state index contributed by atoms with van der Waals surface area (Å²) in [6.45, 7) is 2.56. The molecule has 0 aliphatic heterocycles. The molecule has 2 aromatic heterocycles. The van der Waals surface area contributed by atoms with Crippen LogP contribution in [0.1, 0.15) is 18.1 Å². The van der Waals surface area contributed by atoms with E-state index in [0.29, 0.717) is 22.5 Å². The van der Waals surface area contributed by atoms with E-state index in [1.807, 2.05) is 6.92 Å². The van der Waals surface area contributed by atoms with Crippen molar-refractivity contribution < 1.29 is 0 Å². The lowest BCUT2D eigenvalue weighted by molar-refractivity contribution is 0.801. The number of nitrogens with one attached hydrogen (secondary N) is 2. The lowest BCUT2D eigenvalue weighted by atomic mass is 10.3. The fraction of sp³-hybridized carbons (Fsp3) is 0.444. The van der Waals surface area contributed by atoms with Crippen molar-refractivity contribution >= 4 is 17.4 Å². The Kier molecular flexibility index (Phi) is 3.81. The highest BCUT2D eigenvalue weighted by Crippen LogP contribution is 2.17. The number of aromatic amines is 1. The smallest absolute Gasteiger partial charge is 0.174 e. The van der Waals surface area contributed by atoms with E-state index in [9.17, 15) is 0 Å². The second-order valence-corrected chi connectivity index (χ2v) is 3.88. The molecule has 0 saturated heterocycles. The molecule has 0 fully saturated rings. The summed E-state index contributed by atoms with van der Waals surface area (Å²) in [6, 6.07) is 0. The average Bonchev–Trinajstić information content (AvgIpc) is 2.82. The molecule has 0 aliphatic rings. The lowest BCUT2D eigenvalue weighted by Crippen LogP contribution is -2.06. The van der Waals surface area contributed by atoms with Crippen LogP contribution in [-0.4, -0.2) is 37.1 Å². The van der Waals surface area contributed by atoms with E-state index in [1.54, 1.807) is 6.20 Å². The third-order valence-corrected chi connectivity index (χ3v) is 2.40. The van der Waals surface area contributed by atoms with Crippen LogP contribution < -0.4 is 5.32 Å². The molecule has 2 N–H and O–H groups in total. The zero-order chi connectivity index (χ0) is 12.1. The number of H-pyrrole nitrogens is 1. The highest BCUT2D eigenvalue weighted by atomic mass is 35.5. The summed E-state index contributed by atoms with van der Waals surface area (Å²) in [6.07, 6.45) is 3.22. The predicted molar refractivity (Wildman–Crippen MR) is 62.8 cm³/mol. The van der Waals surface area contributed by atoms with Crippen LogP contribution in [0.3, 0.4) is 0 Å². The molecule has 0 aromatic carbocycles. The Labute approximate surface area is 103 Å². The highest BCUT2D eigenvalue weighted by Gasteiger charge is 2.03. The van der Waals surface area contributed by atoms with Gasteiger partial charge in [0.05, 0.1) is 6.20 Å². The predicted octanol–water partition coefficient (Wildman–Crippen LogP) is 0.996. The van der Waals surface area contributed by atoms with Crippen LogP contribution in [0.25, 0.3) is 0 Å². The van der Waals surface area contributed by atoms with Gasteiger partial charge in [0.2, 0.25) is 0 Å². The van der Waals surface area contributed by atoms with Crippen LogP contribution in [0.15, 0.2) is 6.20 Å². The third-order valence-electron chi connectivity index (χ3n) is 2.12. The van der Waals surface area contributed by atoms with Gasteiger partial charge in [-0.15, -0.1) is 10.2 Å². The first-order chi connectivity index (χ1) is 8.25. The number of halogens is 1. The zero-order valence-corrected chi connectivity index (χ0v) is 10.1. The van der Waals surface area contributed by atoms with Gasteiger partial charge in [-0.2, -0.15) is 5.21 Å². The summed E-state index contributed by atoms with van der Waals surface area (Å²) in [7, 11) is 0. The van der Waals surface area contributed by atoms with Gasteiger partial charge in [-0.25, -0.2) is 9.97 Å². The average molecular weight is 254 g/mol. The first-order valence-electron chi connectivity index (χ1n) is 5.21. The monoisotopic (exact) mass is 253 g/mol. The molecule has 17 heavy (non-hydrogen) atoms. The van der Waals surface area contributed by atoms with Crippen LogP contribution in [-0.2, 0) is 6.42 Å². The number of tetrazole rings is 1. The molecule has 0 amide bonds. The first-order valence-corrected chi connectivity index (χ1v) is 5.59. The van der Waals surface area contributed by atoms with E-state index in [2.05, 4.69) is 35.9 Å². The van der Waals surface area contributed by atoms with Crippen LogP contribution in [0, 0.1) is 6.92 Å². The van der Waals surface area contributed by atoms with E-state index >= 15 is 0 Å². The van der Waals surface area contributed by atoms with Crippen LogP contribution in [0.2, 0.25) is 5.02 Å². The maximum atomic E-state index is 5.95. The van der Waals surface area contributed by atoms with Crippen molar-refractivity contribution in [3.8, 4) is 0 Å². The summed E-state index contributed by atoms with van der Waals surface area (Å²) in [5.74, 6) is 2.05. The Hall–Kier alpha value is -1.76. The maximum absolute atomic E-state index is 5.95. The molecule has 0 spiro atoms. The van der Waals surface area contributed by atoms with Crippen LogP contribution >= 0.6 is 11.6 Å². The van der Waals surface area contributed by atoms with E-state index in [4.69, 9.17) is 11.6 Å². The van der Waals surface area contributed by atoms with Gasteiger partial charge in [-0.3, -0.25) is 0 Å². The number of aryl methyl sites for hydroxylation is 2. The number of hydrogen-bond donors (Lipinski definition) is 2. The lowest BCUT2D eigenvalue weighted by Gasteiger charge is -2.06. The van der Waals surface area contributed by atoms with Crippen molar-refractivity contribution in [2.75, 3.05) is 11.9 Å². The van der Waals surface area contributed by atoms with Gasteiger partial charge in [-0.05, 0) is 13.3 Å². The Bertz CT molecular complexity index is 470. The number of rotatable bonds is 5. The Balaban J connectivity index is 1.80. The zero-order valence-electron chi connectivity index (χ0n) is 9.31. The number of hydrogen-bond acceptors (Lipinski definition) is 6. The quantitative estimate of drug-likeness (QED) is 0.772. The minimum atomic E-state index is 0.523. The molecule has 2 heterocycles. The molecule has 0 saturated carbocycles. The second-order valence-electron chi connectivity index (χ2n) is 3.47. The molecule has 2 rings (SSSR count). The minimum absolute atomic E-state index is 0.523. The minimum Gasteiger partial charge on any atom is -0.369 e. The van der Waals surface area contributed by atoms with Gasteiger partial charge >= 0.3 is 0 Å². The van der Waals surface area contributed by atoms with Gasteiger partial charge in [0.15, 0.2) is 5.82 Å². The van der Waals surface area contributed by atoms with Crippen molar-refractivity contribution in [1.82, 2.24) is 30.6 Å². The molecule has 7 nitrogen and oxygen atoms in total. The standard InChI is InChI=1S/C9H12ClN7/c1-6-12-5-7(10)9(13-6)11-4-2-3-8-14-16-17-15-8/h5H,2-4H2,1H3,(H,11,12,13)(H,14,15,16,17). The summed E-state index contributed by atoms with van der Waals surface area (Å²) in [5.41, 5.74) is 0. The fourth-order valence-corrected chi connectivity index (χ4v) is 1.48. The SMILES string of the molecule is Cc1ncc(Cl)c(NCCCc2nn[nH]n2)n1.